The molecule has 1 saturated carbocycles. The molecule has 6 N–H and O–H groups in total. The Morgan fingerprint density at radius 3 is 2.51 bits per heavy atom. The molecule has 1 aliphatic heterocycles. The second kappa shape index (κ2) is 17.9. The first-order chi connectivity index (χ1) is 22.4. The number of aliphatic hydroxyl groups excluding tert-OH is 5. The maximum atomic E-state index is 13.5. The second-order valence-electron chi connectivity index (χ2n) is 12.5. The van der Waals surface area contributed by atoms with Gasteiger partial charge in [-0.3, -0.25) is 9.59 Å². The van der Waals surface area contributed by atoms with Crippen LogP contribution in [0.25, 0.3) is 10.1 Å². The van der Waals surface area contributed by atoms with E-state index in [9.17, 15) is 30.0 Å². The summed E-state index contributed by atoms with van der Waals surface area (Å²) in [5.74, 6) is 4.84. The van der Waals surface area contributed by atoms with Crippen LogP contribution in [0.5, 0.6) is 0 Å². The van der Waals surface area contributed by atoms with E-state index in [1.807, 2.05) is 57.2 Å². The summed E-state index contributed by atoms with van der Waals surface area (Å²) in [4.78, 5) is 25.2. The van der Waals surface area contributed by atoms with Crippen LogP contribution in [-0.2, 0) is 25.5 Å². The third-order valence-corrected chi connectivity index (χ3v) is 11.0. The summed E-state index contributed by atoms with van der Waals surface area (Å²) < 4.78 is 12.9. The molecule has 10 nitrogen and oxygen atoms in total. The van der Waals surface area contributed by atoms with Crippen molar-refractivity contribution < 1.29 is 49.7 Å². The van der Waals surface area contributed by atoms with Gasteiger partial charge < -0.3 is 40.1 Å². The number of carbonyl (C=O) groups is 2. The first-order valence-electron chi connectivity index (χ1n) is 15.8. The summed E-state index contributed by atoms with van der Waals surface area (Å²) in [7, 11) is 1.00. The summed E-state index contributed by atoms with van der Waals surface area (Å²) in [6.07, 6.45) is -1.60. The highest BCUT2D eigenvalue weighted by Crippen LogP contribution is 2.49. The number of hydrogen-bond donors (Lipinski definition) is 6. The number of fused-ring (bicyclic) bond motifs is 1. The second-order valence-corrected chi connectivity index (χ2v) is 14.0. The minimum Gasteiger partial charge on any atom is -0.481 e. The lowest BCUT2D eigenvalue weighted by Gasteiger charge is -2.40. The van der Waals surface area contributed by atoms with Crippen molar-refractivity contribution in [3.63, 3.8) is 0 Å². The Balaban J connectivity index is 0.00000294. The van der Waals surface area contributed by atoms with Crippen molar-refractivity contribution in [2.24, 2.45) is 23.2 Å². The van der Waals surface area contributed by atoms with Gasteiger partial charge in [-0.2, -0.15) is 0 Å². The highest BCUT2D eigenvalue weighted by atomic mass is 35.5. The number of aryl methyl sites for hydroxylation is 1. The molecule has 2 aromatic rings. The molecule has 1 saturated heterocycles. The third-order valence-electron chi connectivity index (χ3n) is 9.25. The number of halogens is 1. The quantitative estimate of drug-likeness (QED) is 0.108. The fourth-order valence-electron chi connectivity index (χ4n) is 6.15. The van der Waals surface area contributed by atoms with Gasteiger partial charge in [0.2, 0.25) is 0 Å². The number of aliphatic carboxylic acids is 1. The van der Waals surface area contributed by atoms with Crippen LogP contribution < -0.4 is 0 Å². The number of carboxylic acid groups (broad SMARTS) is 1. The molecule has 0 amide bonds. The van der Waals surface area contributed by atoms with E-state index in [1.54, 1.807) is 11.3 Å². The molecular formula is C35H47ClO10S. The van der Waals surface area contributed by atoms with Gasteiger partial charge in [-0.25, -0.2) is 0 Å². The minimum atomic E-state index is -1.57. The molecule has 0 radical (unpaired) electrons. The Morgan fingerprint density at radius 2 is 1.85 bits per heavy atom. The Labute approximate surface area is 285 Å². The van der Waals surface area contributed by atoms with Gasteiger partial charge in [-0.05, 0) is 37.2 Å². The van der Waals surface area contributed by atoms with Crippen molar-refractivity contribution in [2.75, 3.05) is 13.7 Å². The molecule has 1 aliphatic carbocycles. The van der Waals surface area contributed by atoms with Crippen molar-refractivity contribution in [2.45, 2.75) is 96.1 Å². The predicted octanol–water partition coefficient (Wildman–Crippen LogP) is 3.96. The largest absolute Gasteiger partial charge is 0.481 e. The SMILES string of the molecule is CO.C[C@H]1[C@H](/C=C/C(CCc2sc3ccccc3c2Cl)OC2O[C@H](CO)C(O)[C@H](O)C2O)[C@@H](CC#CCCCC(=O)O)C(=O)C1(C)C. The van der Waals surface area contributed by atoms with Gasteiger partial charge in [0.25, 0.3) is 0 Å². The van der Waals surface area contributed by atoms with E-state index in [0.717, 1.165) is 22.1 Å². The van der Waals surface area contributed by atoms with Gasteiger partial charge in [0.15, 0.2) is 6.29 Å². The van der Waals surface area contributed by atoms with E-state index in [4.69, 9.17) is 31.3 Å². The fourth-order valence-corrected chi connectivity index (χ4v) is 7.69. The lowest BCUT2D eigenvalue weighted by Crippen LogP contribution is -2.59. The number of thiophene rings is 1. The monoisotopic (exact) mass is 694 g/mol. The summed E-state index contributed by atoms with van der Waals surface area (Å²) in [6, 6.07) is 7.86. The highest BCUT2D eigenvalue weighted by molar-refractivity contribution is 7.19. The van der Waals surface area contributed by atoms with E-state index < -0.39 is 54.8 Å². The molecule has 260 valence electrons. The van der Waals surface area contributed by atoms with Gasteiger partial charge in [0, 0.05) is 52.7 Å². The molecule has 47 heavy (non-hydrogen) atoms. The number of carboxylic acids is 1. The average Bonchev–Trinajstić information content (AvgIpc) is 3.46. The summed E-state index contributed by atoms with van der Waals surface area (Å²) in [6.45, 7) is 5.34. The average molecular weight is 695 g/mol. The molecule has 2 aliphatic rings. The predicted molar refractivity (Wildman–Crippen MR) is 180 cm³/mol. The Hall–Kier alpha value is -2.37. The molecule has 1 aromatic heterocycles. The van der Waals surface area contributed by atoms with Crippen LogP contribution in [0.2, 0.25) is 5.02 Å². The first-order valence-corrected chi connectivity index (χ1v) is 17.0. The Bertz CT molecular complexity index is 1430. The molecule has 1 aromatic carbocycles. The van der Waals surface area contributed by atoms with Crippen LogP contribution in [0.1, 0.15) is 57.8 Å². The number of hydrogen-bond acceptors (Lipinski definition) is 10. The normalized spacial score (nSPS) is 29.3. The number of unbranched alkanes of at least 4 members (excludes halogenated alkanes) is 1. The number of Topliss-reactive ketones (excluding diaryl/α,β-unsaturated/α-hetero) is 1. The van der Waals surface area contributed by atoms with Crippen molar-refractivity contribution in [1.29, 1.82) is 0 Å². The molecule has 4 unspecified atom stereocenters. The molecule has 12 heteroatoms. The van der Waals surface area contributed by atoms with E-state index in [0.29, 0.717) is 37.1 Å². The topological polar surface area (TPSA) is 174 Å². The molecule has 4 rings (SSSR count). The number of ketones is 1. The molecule has 0 bridgehead atoms. The molecule has 9 atom stereocenters. The number of carbonyl (C=O) groups excluding carboxylic acids is 1. The third kappa shape index (κ3) is 9.41. The van der Waals surface area contributed by atoms with Crippen molar-refractivity contribution in [3.8, 4) is 11.8 Å². The van der Waals surface area contributed by atoms with E-state index >= 15 is 0 Å². The number of allylic oxidation sites excluding steroid dienone is 1. The number of benzene rings is 1. The van der Waals surface area contributed by atoms with Gasteiger partial charge in [-0.15, -0.1) is 23.2 Å². The minimum absolute atomic E-state index is 0.00925. The van der Waals surface area contributed by atoms with E-state index in [1.165, 1.54) is 0 Å². The molecule has 2 fully saturated rings. The standard InChI is InChI=1S/C34H43ClO9S.CH4O/c1-19-21(22(32(42)34(19,2)3)10-6-4-5-7-13-27(37)38)16-14-20(43-33-31(41)30(40)29(39)24(18-36)44-33)15-17-26-28(35)23-11-8-9-12-25(23)45-26;1-2/h8-9,11-12,14,16,19-22,24,29-31,33,36,39-41H,5,7,10,13,15,17-18H2,1-3H3,(H,37,38);2H,1H3/b16-14+;/t19-,20?,21-,22+,24+,29?,30-,31?,33?;/m0./s1. The zero-order valence-electron chi connectivity index (χ0n) is 27.2. The van der Waals surface area contributed by atoms with Crippen LogP contribution in [0.3, 0.4) is 0 Å². The smallest absolute Gasteiger partial charge is 0.303 e. The maximum absolute atomic E-state index is 13.5. The number of rotatable bonds is 12. The number of ether oxygens (including phenoxy) is 2. The maximum Gasteiger partial charge on any atom is 0.303 e. The van der Waals surface area contributed by atoms with Crippen LogP contribution in [0.15, 0.2) is 36.4 Å². The van der Waals surface area contributed by atoms with Crippen molar-refractivity contribution in [3.05, 3.63) is 46.3 Å². The van der Waals surface area contributed by atoms with E-state index in [-0.39, 0.29) is 30.0 Å². The van der Waals surface area contributed by atoms with Crippen LogP contribution in [0.4, 0.5) is 0 Å². The van der Waals surface area contributed by atoms with Gasteiger partial charge in [0.05, 0.1) is 17.7 Å². The lowest BCUT2D eigenvalue weighted by atomic mass is 9.79. The van der Waals surface area contributed by atoms with Gasteiger partial charge >= 0.3 is 5.97 Å². The molecule has 0 spiro atoms. The zero-order valence-corrected chi connectivity index (χ0v) is 28.8. The lowest BCUT2D eigenvalue weighted by molar-refractivity contribution is -0.307. The molecule has 2 heterocycles. The number of aliphatic hydroxyl groups is 5. The summed E-state index contributed by atoms with van der Waals surface area (Å²) >= 11 is 8.30. The Morgan fingerprint density at radius 1 is 1.15 bits per heavy atom. The van der Waals surface area contributed by atoms with Crippen molar-refractivity contribution >= 4 is 44.8 Å². The summed E-state index contributed by atoms with van der Waals surface area (Å²) in [5, 5.41) is 58.4. The fraction of sp³-hybridized carbons (Fsp3) is 0.600. The van der Waals surface area contributed by atoms with E-state index in [2.05, 4.69) is 11.8 Å². The highest BCUT2D eigenvalue weighted by Gasteiger charge is 2.51. The van der Waals surface area contributed by atoms with Crippen molar-refractivity contribution in [1.82, 2.24) is 0 Å². The van der Waals surface area contributed by atoms with Crippen LogP contribution in [0, 0.1) is 35.0 Å². The Kier molecular flexibility index (Phi) is 14.8. The summed E-state index contributed by atoms with van der Waals surface area (Å²) in [5.41, 5.74) is -0.580. The zero-order chi connectivity index (χ0) is 34.9. The molecular weight excluding hydrogens is 648 g/mol. The first kappa shape index (κ1) is 39.1. The van der Waals surface area contributed by atoms with Crippen LogP contribution in [-0.4, -0.2) is 92.9 Å². The van der Waals surface area contributed by atoms with Gasteiger partial charge in [-0.1, -0.05) is 62.7 Å². The van der Waals surface area contributed by atoms with Gasteiger partial charge in [0.1, 0.15) is 30.2 Å². The van der Waals surface area contributed by atoms with Crippen LogP contribution >= 0.6 is 22.9 Å².